The highest BCUT2D eigenvalue weighted by Gasteiger charge is 2.23. The van der Waals surface area contributed by atoms with Crippen LogP contribution in [0.1, 0.15) is 25.0 Å². The summed E-state index contributed by atoms with van der Waals surface area (Å²) >= 11 is 0. The SMILES string of the molecule is C[13CH2]OCc1ccccc1S(=O)(=O)c1ccccc1CO[13CH2]C. The molecule has 0 spiro atoms. The van der Waals surface area contributed by atoms with Crippen LogP contribution in [-0.2, 0) is 32.5 Å². The normalized spacial score (nSPS) is 11.6. The van der Waals surface area contributed by atoms with E-state index in [1.807, 2.05) is 26.0 Å². The van der Waals surface area contributed by atoms with Gasteiger partial charge in [0.1, 0.15) is 0 Å². The Kier molecular flexibility index (Phi) is 6.33. The van der Waals surface area contributed by atoms with Gasteiger partial charge in [-0.15, -0.1) is 0 Å². The number of hydrogen-bond donors (Lipinski definition) is 0. The summed E-state index contributed by atoms with van der Waals surface area (Å²) in [6.45, 7) is 5.40. The van der Waals surface area contributed by atoms with Gasteiger partial charge in [0, 0.05) is 13.2 Å². The summed E-state index contributed by atoms with van der Waals surface area (Å²) in [4.78, 5) is 0.579. The van der Waals surface area contributed by atoms with Crippen molar-refractivity contribution in [3.05, 3.63) is 59.7 Å². The van der Waals surface area contributed by atoms with Crippen LogP contribution in [0.15, 0.2) is 58.3 Å². The van der Waals surface area contributed by atoms with Gasteiger partial charge in [-0.25, -0.2) is 8.42 Å². The number of ether oxygens (including phenoxy) is 2. The minimum atomic E-state index is -3.62. The van der Waals surface area contributed by atoms with Gasteiger partial charge in [-0.2, -0.15) is 0 Å². The molecule has 0 atom stereocenters. The van der Waals surface area contributed by atoms with Crippen LogP contribution in [0, 0.1) is 0 Å². The van der Waals surface area contributed by atoms with E-state index in [1.54, 1.807) is 36.4 Å². The number of rotatable bonds is 8. The van der Waals surface area contributed by atoms with Crippen LogP contribution in [0.4, 0.5) is 0 Å². The van der Waals surface area contributed by atoms with E-state index < -0.39 is 9.84 Å². The summed E-state index contributed by atoms with van der Waals surface area (Å²) in [5.74, 6) is 0. The van der Waals surface area contributed by atoms with Gasteiger partial charge in [0.15, 0.2) is 0 Å². The topological polar surface area (TPSA) is 52.6 Å². The van der Waals surface area contributed by atoms with Crippen molar-refractivity contribution >= 4 is 9.84 Å². The highest BCUT2D eigenvalue weighted by atomic mass is 32.2. The lowest BCUT2D eigenvalue weighted by molar-refractivity contribution is 0.132. The van der Waals surface area contributed by atoms with E-state index in [-0.39, 0.29) is 23.0 Å². The quantitative estimate of drug-likeness (QED) is 0.691. The summed E-state index contributed by atoms with van der Waals surface area (Å²) in [7, 11) is -3.62. The molecule has 4 nitrogen and oxygen atoms in total. The molecular formula is C18H22O4S. The molecule has 23 heavy (non-hydrogen) atoms. The van der Waals surface area contributed by atoms with Gasteiger partial charge in [-0.1, -0.05) is 36.4 Å². The predicted molar refractivity (Wildman–Crippen MR) is 89.0 cm³/mol. The minimum Gasteiger partial charge on any atom is -0.377 e. The average molecular weight is 336 g/mol. The van der Waals surface area contributed by atoms with Crippen LogP contribution in [0.25, 0.3) is 0 Å². The maximum atomic E-state index is 13.1. The highest BCUT2D eigenvalue weighted by molar-refractivity contribution is 7.91. The second-order valence-corrected chi connectivity index (χ2v) is 6.88. The van der Waals surface area contributed by atoms with Crippen LogP contribution in [0.3, 0.4) is 0 Å². The zero-order valence-electron chi connectivity index (χ0n) is 13.5. The largest absolute Gasteiger partial charge is 0.377 e. The Labute approximate surface area is 138 Å². The summed E-state index contributed by atoms with van der Waals surface area (Å²) in [5.41, 5.74) is 1.33. The Bertz CT molecular complexity index is 681. The van der Waals surface area contributed by atoms with Crippen molar-refractivity contribution < 1.29 is 17.9 Å². The monoisotopic (exact) mass is 336 g/mol. The lowest BCUT2D eigenvalue weighted by Gasteiger charge is -2.13. The van der Waals surface area contributed by atoms with Gasteiger partial charge in [0.25, 0.3) is 0 Å². The summed E-state index contributed by atoms with van der Waals surface area (Å²) < 4.78 is 37.0. The molecule has 0 aliphatic carbocycles. The molecule has 0 fully saturated rings. The number of hydrogen-bond acceptors (Lipinski definition) is 4. The zero-order valence-corrected chi connectivity index (χ0v) is 14.3. The van der Waals surface area contributed by atoms with Gasteiger partial charge < -0.3 is 9.47 Å². The van der Waals surface area contributed by atoms with Crippen LogP contribution in [-0.4, -0.2) is 21.6 Å². The molecule has 5 heteroatoms. The molecule has 0 radical (unpaired) electrons. The molecule has 0 aliphatic rings. The van der Waals surface area contributed by atoms with Crippen molar-refractivity contribution in [2.75, 3.05) is 13.2 Å². The molecule has 0 amide bonds. The molecule has 2 aromatic carbocycles. The molecule has 0 unspecified atom stereocenters. The Balaban J connectivity index is 2.47. The molecule has 0 saturated carbocycles. The molecule has 0 N–H and O–H groups in total. The molecule has 0 aromatic heterocycles. The zero-order chi connectivity index (χ0) is 16.7. The Morgan fingerprint density at radius 1 is 0.739 bits per heavy atom. The summed E-state index contributed by atoms with van der Waals surface area (Å²) in [6, 6.07) is 13.9. The third-order valence-corrected chi connectivity index (χ3v) is 5.40. The van der Waals surface area contributed by atoms with E-state index in [0.29, 0.717) is 24.3 Å². The van der Waals surface area contributed by atoms with E-state index in [0.717, 1.165) is 0 Å². The maximum absolute atomic E-state index is 13.1. The second-order valence-electron chi connectivity index (χ2n) is 4.99. The van der Waals surface area contributed by atoms with Crippen LogP contribution >= 0.6 is 0 Å². The Hall–Kier alpha value is -1.69. The first-order valence-corrected chi connectivity index (χ1v) is 9.16. The predicted octanol–water partition coefficient (Wildman–Crippen LogP) is 3.59. The standard InChI is InChI=1S/C18H22O4S/c1-3-21-13-15-9-5-7-11-17(15)23(19,20)18-12-8-6-10-16(18)14-22-4-2/h5-12H,3-4,13-14H2,1-2H3/i3+1,4+1. The summed E-state index contributed by atoms with van der Waals surface area (Å²) in [5, 5.41) is 0. The Morgan fingerprint density at radius 3 is 1.52 bits per heavy atom. The third-order valence-electron chi connectivity index (χ3n) is 3.45. The molecule has 0 aliphatic heterocycles. The minimum absolute atomic E-state index is 0.277. The molecule has 0 heterocycles. The fourth-order valence-electron chi connectivity index (χ4n) is 2.31. The third kappa shape index (κ3) is 4.19. The van der Waals surface area contributed by atoms with Crippen LogP contribution in [0.2, 0.25) is 0 Å². The first-order valence-electron chi connectivity index (χ1n) is 7.67. The fraction of sp³-hybridized carbons (Fsp3) is 0.333. The van der Waals surface area contributed by atoms with Crippen molar-refractivity contribution in [3.63, 3.8) is 0 Å². The van der Waals surface area contributed by atoms with Crippen molar-refractivity contribution in [2.24, 2.45) is 0 Å². The summed E-state index contributed by atoms with van der Waals surface area (Å²) in [6.07, 6.45) is 0. The van der Waals surface area contributed by atoms with E-state index in [9.17, 15) is 8.42 Å². The molecule has 0 bridgehead atoms. The van der Waals surface area contributed by atoms with Crippen LogP contribution in [0.5, 0.6) is 0 Å². The lowest BCUT2D eigenvalue weighted by Crippen LogP contribution is -2.10. The second kappa shape index (κ2) is 8.24. The van der Waals surface area contributed by atoms with E-state index in [1.165, 1.54) is 0 Å². The van der Waals surface area contributed by atoms with Gasteiger partial charge in [0.2, 0.25) is 9.84 Å². The van der Waals surface area contributed by atoms with Crippen molar-refractivity contribution in [1.29, 1.82) is 0 Å². The molecule has 2 aromatic rings. The van der Waals surface area contributed by atoms with Gasteiger partial charge in [-0.05, 0) is 37.1 Å². The van der Waals surface area contributed by atoms with Gasteiger partial charge >= 0.3 is 0 Å². The maximum Gasteiger partial charge on any atom is 0.207 e. The van der Waals surface area contributed by atoms with Gasteiger partial charge in [-0.3, -0.25) is 0 Å². The molecule has 2 rings (SSSR count). The average Bonchev–Trinajstić information content (AvgIpc) is 2.58. The number of sulfone groups is 1. The van der Waals surface area contributed by atoms with Crippen molar-refractivity contribution in [3.8, 4) is 0 Å². The fourth-order valence-corrected chi connectivity index (χ4v) is 4.01. The highest BCUT2D eigenvalue weighted by Crippen LogP contribution is 2.27. The Morgan fingerprint density at radius 2 is 1.13 bits per heavy atom. The van der Waals surface area contributed by atoms with Gasteiger partial charge in [0.05, 0.1) is 23.0 Å². The molecule has 124 valence electrons. The van der Waals surface area contributed by atoms with E-state index in [2.05, 4.69) is 0 Å². The van der Waals surface area contributed by atoms with E-state index >= 15 is 0 Å². The number of benzene rings is 2. The first-order chi connectivity index (χ1) is 11.1. The first kappa shape index (κ1) is 17.7. The van der Waals surface area contributed by atoms with Crippen molar-refractivity contribution in [1.82, 2.24) is 0 Å². The van der Waals surface area contributed by atoms with Crippen molar-refractivity contribution in [2.45, 2.75) is 36.9 Å². The lowest BCUT2D eigenvalue weighted by atomic mass is 10.2. The smallest absolute Gasteiger partial charge is 0.207 e. The molecule has 0 saturated heterocycles. The van der Waals surface area contributed by atoms with E-state index in [4.69, 9.17) is 9.47 Å². The molecular weight excluding hydrogens is 314 g/mol. The van der Waals surface area contributed by atoms with Crippen LogP contribution < -0.4 is 0 Å².